The number of aromatic nitrogens is 4. The highest BCUT2D eigenvalue weighted by atomic mass is 32.1. The van der Waals surface area contributed by atoms with Crippen molar-refractivity contribution in [1.82, 2.24) is 25.5 Å². The first-order valence-electron chi connectivity index (χ1n) is 7.65. The maximum Gasteiger partial charge on any atom is 0.251 e. The molecule has 2 amide bonds. The Bertz CT molecular complexity index is 874. The number of tetrazole rings is 1. The molecule has 0 saturated carbocycles. The summed E-state index contributed by atoms with van der Waals surface area (Å²) in [4.78, 5) is 26.1. The molecule has 0 atom stereocenters. The number of hydrogen-bond acceptors (Lipinski definition) is 6. The molecule has 1 aromatic carbocycles. The van der Waals surface area contributed by atoms with E-state index in [1.54, 1.807) is 24.3 Å². The van der Waals surface area contributed by atoms with Gasteiger partial charge in [-0.15, -0.1) is 21.5 Å². The van der Waals surface area contributed by atoms with Crippen LogP contribution in [0.1, 0.15) is 17.3 Å². The number of hydrogen-bond donors (Lipinski definition) is 2. The molecule has 0 radical (unpaired) electrons. The third-order valence-electron chi connectivity index (χ3n) is 3.23. The second kappa shape index (κ2) is 7.67. The van der Waals surface area contributed by atoms with Crippen molar-refractivity contribution in [3.63, 3.8) is 0 Å². The van der Waals surface area contributed by atoms with Crippen LogP contribution in [-0.2, 0) is 11.3 Å². The van der Waals surface area contributed by atoms with Gasteiger partial charge in [0.15, 0.2) is 0 Å². The van der Waals surface area contributed by atoms with Crippen molar-refractivity contribution in [3.8, 4) is 10.7 Å². The Hall–Kier alpha value is -3.07. The summed E-state index contributed by atoms with van der Waals surface area (Å²) < 4.78 is 0. The lowest BCUT2D eigenvalue weighted by atomic mass is 10.2. The Balaban J connectivity index is 1.63. The van der Waals surface area contributed by atoms with Crippen molar-refractivity contribution in [2.45, 2.75) is 13.5 Å². The first kappa shape index (κ1) is 16.8. The number of anilines is 1. The van der Waals surface area contributed by atoms with Crippen LogP contribution in [0.25, 0.3) is 10.7 Å². The van der Waals surface area contributed by atoms with Gasteiger partial charge < -0.3 is 10.6 Å². The second-order valence-corrected chi connectivity index (χ2v) is 6.06. The molecule has 0 aliphatic carbocycles. The molecular weight excluding hydrogens is 340 g/mol. The van der Waals surface area contributed by atoms with Gasteiger partial charge in [-0.1, -0.05) is 12.1 Å². The fourth-order valence-corrected chi connectivity index (χ4v) is 2.79. The number of carbonyl (C=O) groups excluding carboxylic acids is 2. The predicted octanol–water partition coefficient (Wildman–Crippen LogP) is 1.79. The van der Waals surface area contributed by atoms with Gasteiger partial charge in [-0.05, 0) is 41.8 Å². The van der Waals surface area contributed by atoms with Gasteiger partial charge in [0.1, 0.15) is 6.54 Å². The average molecular weight is 356 g/mol. The van der Waals surface area contributed by atoms with E-state index in [-0.39, 0.29) is 18.4 Å². The van der Waals surface area contributed by atoms with Crippen LogP contribution in [0.3, 0.4) is 0 Å². The molecule has 0 saturated heterocycles. The van der Waals surface area contributed by atoms with Crippen LogP contribution < -0.4 is 10.6 Å². The second-order valence-electron chi connectivity index (χ2n) is 5.11. The summed E-state index contributed by atoms with van der Waals surface area (Å²) in [6.07, 6.45) is 0. The zero-order chi connectivity index (χ0) is 17.6. The molecule has 0 aliphatic heterocycles. The number of carbonyl (C=O) groups is 2. The molecule has 25 heavy (non-hydrogen) atoms. The van der Waals surface area contributed by atoms with E-state index in [1.807, 2.05) is 24.4 Å². The van der Waals surface area contributed by atoms with Gasteiger partial charge in [-0.3, -0.25) is 9.59 Å². The van der Waals surface area contributed by atoms with Gasteiger partial charge in [-0.25, -0.2) is 0 Å². The Labute approximate surface area is 147 Å². The Morgan fingerprint density at radius 3 is 2.88 bits per heavy atom. The van der Waals surface area contributed by atoms with E-state index in [0.717, 1.165) is 4.88 Å². The van der Waals surface area contributed by atoms with Crippen molar-refractivity contribution in [2.75, 3.05) is 11.9 Å². The zero-order valence-electron chi connectivity index (χ0n) is 13.5. The molecule has 0 aliphatic rings. The normalized spacial score (nSPS) is 10.4. The molecule has 0 bridgehead atoms. The van der Waals surface area contributed by atoms with Crippen molar-refractivity contribution >= 4 is 28.8 Å². The van der Waals surface area contributed by atoms with E-state index < -0.39 is 0 Å². The number of rotatable bonds is 6. The van der Waals surface area contributed by atoms with Gasteiger partial charge in [-0.2, -0.15) is 4.80 Å². The van der Waals surface area contributed by atoms with E-state index in [1.165, 1.54) is 16.1 Å². The molecule has 2 heterocycles. The van der Waals surface area contributed by atoms with Crippen LogP contribution in [0.5, 0.6) is 0 Å². The minimum atomic E-state index is -0.303. The van der Waals surface area contributed by atoms with E-state index in [9.17, 15) is 9.59 Å². The van der Waals surface area contributed by atoms with Gasteiger partial charge in [0.25, 0.3) is 5.91 Å². The van der Waals surface area contributed by atoms with Crippen LogP contribution in [0.2, 0.25) is 0 Å². The molecule has 0 fully saturated rings. The molecule has 0 unspecified atom stereocenters. The number of nitrogens with zero attached hydrogens (tertiary/aromatic N) is 4. The number of thiophene rings is 1. The summed E-state index contributed by atoms with van der Waals surface area (Å²) in [6.45, 7) is 2.32. The van der Waals surface area contributed by atoms with E-state index >= 15 is 0 Å². The lowest BCUT2D eigenvalue weighted by Gasteiger charge is -2.07. The Kier molecular flexibility index (Phi) is 5.14. The predicted molar refractivity (Wildman–Crippen MR) is 94.2 cm³/mol. The average Bonchev–Trinajstić information content (AvgIpc) is 3.26. The fraction of sp³-hybridized carbons (Fsp3) is 0.188. The number of amides is 2. The summed E-state index contributed by atoms with van der Waals surface area (Å²) in [5, 5.41) is 19.4. The highest BCUT2D eigenvalue weighted by molar-refractivity contribution is 7.13. The smallest absolute Gasteiger partial charge is 0.251 e. The van der Waals surface area contributed by atoms with Crippen LogP contribution in [0, 0.1) is 0 Å². The van der Waals surface area contributed by atoms with Crippen molar-refractivity contribution < 1.29 is 9.59 Å². The molecule has 9 heteroatoms. The highest BCUT2D eigenvalue weighted by Gasteiger charge is 2.11. The zero-order valence-corrected chi connectivity index (χ0v) is 14.3. The van der Waals surface area contributed by atoms with Gasteiger partial charge in [0.05, 0.1) is 4.88 Å². The SMILES string of the molecule is CCNC(=O)c1cccc(NC(=O)Cn2nnc(-c3cccs3)n2)c1. The van der Waals surface area contributed by atoms with Crippen molar-refractivity contribution in [2.24, 2.45) is 0 Å². The summed E-state index contributed by atoms with van der Waals surface area (Å²) in [5.74, 6) is 0.00125. The maximum absolute atomic E-state index is 12.1. The topological polar surface area (TPSA) is 102 Å². The van der Waals surface area contributed by atoms with Crippen LogP contribution in [-0.4, -0.2) is 38.6 Å². The van der Waals surface area contributed by atoms with Crippen molar-refractivity contribution in [3.05, 3.63) is 47.3 Å². The molecule has 3 aromatic rings. The minimum Gasteiger partial charge on any atom is -0.352 e. The largest absolute Gasteiger partial charge is 0.352 e. The highest BCUT2D eigenvalue weighted by Crippen LogP contribution is 2.19. The molecule has 3 rings (SSSR count). The van der Waals surface area contributed by atoms with Crippen LogP contribution in [0.15, 0.2) is 41.8 Å². The summed E-state index contributed by atoms with van der Waals surface area (Å²) >= 11 is 1.50. The summed E-state index contributed by atoms with van der Waals surface area (Å²) in [7, 11) is 0. The first-order chi connectivity index (χ1) is 12.2. The fourth-order valence-electron chi connectivity index (χ4n) is 2.14. The van der Waals surface area contributed by atoms with Gasteiger partial charge >= 0.3 is 0 Å². The van der Waals surface area contributed by atoms with E-state index in [2.05, 4.69) is 26.0 Å². The molecule has 128 valence electrons. The monoisotopic (exact) mass is 356 g/mol. The molecular formula is C16H16N6O2S. The lowest BCUT2D eigenvalue weighted by Crippen LogP contribution is -2.23. The van der Waals surface area contributed by atoms with Crippen LogP contribution >= 0.6 is 11.3 Å². The number of benzene rings is 1. The Morgan fingerprint density at radius 1 is 1.24 bits per heavy atom. The first-order valence-corrected chi connectivity index (χ1v) is 8.53. The van der Waals surface area contributed by atoms with E-state index in [4.69, 9.17) is 0 Å². The van der Waals surface area contributed by atoms with Gasteiger partial charge in [0.2, 0.25) is 11.7 Å². The lowest BCUT2D eigenvalue weighted by molar-refractivity contribution is -0.117. The minimum absolute atomic E-state index is 0.0657. The summed E-state index contributed by atoms with van der Waals surface area (Å²) in [6, 6.07) is 10.5. The molecule has 2 aromatic heterocycles. The molecule has 8 nitrogen and oxygen atoms in total. The summed E-state index contributed by atoms with van der Waals surface area (Å²) in [5.41, 5.74) is 1.02. The molecule has 0 spiro atoms. The quantitative estimate of drug-likeness (QED) is 0.701. The molecule has 2 N–H and O–H groups in total. The third kappa shape index (κ3) is 4.27. The van der Waals surface area contributed by atoms with Crippen molar-refractivity contribution in [1.29, 1.82) is 0 Å². The standard InChI is InChI=1S/C16H16N6O2S/c1-2-17-16(24)11-5-3-6-12(9-11)18-14(23)10-22-20-15(19-21-22)13-7-4-8-25-13/h3-9H,2,10H2,1H3,(H,17,24)(H,18,23). The number of nitrogens with one attached hydrogen (secondary N) is 2. The van der Waals surface area contributed by atoms with E-state index in [0.29, 0.717) is 23.6 Å². The van der Waals surface area contributed by atoms with Gasteiger partial charge in [0, 0.05) is 17.8 Å². The maximum atomic E-state index is 12.1. The Morgan fingerprint density at radius 2 is 2.12 bits per heavy atom. The van der Waals surface area contributed by atoms with Crippen LogP contribution in [0.4, 0.5) is 5.69 Å². The third-order valence-corrected chi connectivity index (χ3v) is 4.09.